The lowest BCUT2D eigenvalue weighted by molar-refractivity contribution is -0.119. The van der Waals surface area contributed by atoms with Gasteiger partial charge in [0.1, 0.15) is 6.54 Å². The van der Waals surface area contributed by atoms with Gasteiger partial charge in [-0.2, -0.15) is 0 Å². The third kappa shape index (κ3) is 5.77. The van der Waals surface area contributed by atoms with Crippen LogP contribution in [0.5, 0.6) is 11.5 Å². The van der Waals surface area contributed by atoms with Crippen LogP contribution in [0.15, 0.2) is 42.5 Å². The van der Waals surface area contributed by atoms with Crippen molar-refractivity contribution in [3.8, 4) is 11.5 Å². The predicted octanol–water partition coefficient (Wildman–Crippen LogP) is 2.44. The summed E-state index contributed by atoms with van der Waals surface area (Å²) < 4.78 is 35.6. The molecule has 1 N–H and O–H groups in total. The molecule has 0 aromatic heterocycles. The number of anilines is 1. The maximum atomic E-state index is 12.3. The van der Waals surface area contributed by atoms with Gasteiger partial charge in [0.2, 0.25) is 15.9 Å². The number of carbonyl (C=O) groups is 1. The lowest BCUT2D eigenvalue weighted by Crippen LogP contribution is -2.40. The Balaban J connectivity index is 2.08. The Morgan fingerprint density at radius 1 is 1.11 bits per heavy atom. The van der Waals surface area contributed by atoms with Gasteiger partial charge in [0, 0.05) is 11.6 Å². The van der Waals surface area contributed by atoms with E-state index in [1.807, 2.05) is 0 Å². The van der Waals surface area contributed by atoms with Crippen LogP contribution in [0, 0.1) is 0 Å². The van der Waals surface area contributed by atoms with E-state index >= 15 is 0 Å². The Morgan fingerprint density at radius 3 is 2.41 bits per heavy atom. The van der Waals surface area contributed by atoms with Crippen molar-refractivity contribution in [3.63, 3.8) is 0 Å². The number of methoxy groups -OCH3 is 2. The van der Waals surface area contributed by atoms with Crippen LogP contribution in [0.3, 0.4) is 0 Å². The van der Waals surface area contributed by atoms with Crippen molar-refractivity contribution in [2.75, 3.05) is 31.3 Å². The van der Waals surface area contributed by atoms with Crippen LogP contribution in [0.4, 0.5) is 5.69 Å². The molecule has 0 aliphatic rings. The van der Waals surface area contributed by atoms with Crippen LogP contribution in [0.2, 0.25) is 5.02 Å². The topological polar surface area (TPSA) is 84.9 Å². The summed E-state index contributed by atoms with van der Waals surface area (Å²) >= 11 is 5.93. The second kappa shape index (κ2) is 8.96. The van der Waals surface area contributed by atoms with Gasteiger partial charge in [-0.1, -0.05) is 23.7 Å². The summed E-state index contributed by atoms with van der Waals surface area (Å²) in [6.45, 7) is -0.140. The molecule has 2 aromatic rings. The van der Waals surface area contributed by atoms with E-state index in [0.29, 0.717) is 22.2 Å². The van der Waals surface area contributed by atoms with Crippen molar-refractivity contribution in [3.05, 3.63) is 53.1 Å². The highest BCUT2D eigenvalue weighted by atomic mass is 35.5. The fourth-order valence-electron chi connectivity index (χ4n) is 2.41. The van der Waals surface area contributed by atoms with Gasteiger partial charge in [0.15, 0.2) is 11.5 Å². The van der Waals surface area contributed by atoms with Gasteiger partial charge in [-0.05, 0) is 35.9 Å². The Bertz CT molecular complexity index is 918. The molecule has 9 heteroatoms. The molecule has 0 atom stereocenters. The minimum absolute atomic E-state index is 0.215. The van der Waals surface area contributed by atoms with Crippen molar-refractivity contribution >= 4 is 33.2 Å². The molecule has 0 unspecified atom stereocenters. The zero-order chi connectivity index (χ0) is 20.0. The fraction of sp³-hybridized carbons (Fsp3) is 0.278. The highest BCUT2D eigenvalue weighted by molar-refractivity contribution is 7.92. The number of ether oxygens (including phenoxy) is 2. The van der Waals surface area contributed by atoms with Crippen molar-refractivity contribution in [2.45, 2.75) is 6.54 Å². The first-order valence-corrected chi connectivity index (χ1v) is 10.2. The second-order valence-corrected chi connectivity index (χ2v) is 8.06. The first kappa shape index (κ1) is 20.9. The molecular weight excluding hydrogens is 392 g/mol. The standard InChI is InChI=1S/C18H21ClN2O5S/c1-25-16-8-7-13(9-17(16)26-2)11-20-18(22)12-21(27(3,23)24)15-6-4-5-14(19)10-15/h4-10H,11-12H2,1-3H3,(H,20,22). The molecule has 27 heavy (non-hydrogen) atoms. The van der Waals surface area contributed by atoms with Crippen molar-refractivity contribution < 1.29 is 22.7 Å². The van der Waals surface area contributed by atoms with Gasteiger partial charge in [0.25, 0.3) is 0 Å². The highest BCUT2D eigenvalue weighted by Crippen LogP contribution is 2.27. The van der Waals surface area contributed by atoms with E-state index in [4.69, 9.17) is 21.1 Å². The molecule has 146 valence electrons. The van der Waals surface area contributed by atoms with Crippen LogP contribution < -0.4 is 19.1 Å². The quantitative estimate of drug-likeness (QED) is 0.719. The van der Waals surface area contributed by atoms with E-state index < -0.39 is 15.9 Å². The molecule has 0 fully saturated rings. The SMILES string of the molecule is COc1ccc(CNC(=O)CN(c2cccc(Cl)c2)S(C)(=O)=O)cc1OC. The third-order valence-corrected chi connectivity index (χ3v) is 5.10. The number of hydrogen-bond acceptors (Lipinski definition) is 5. The highest BCUT2D eigenvalue weighted by Gasteiger charge is 2.21. The average Bonchev–Trinajstić information content (AvgIpc) is 2.63. The molecule has 0 radical (unpaired) electrons. The number of sulfonamides is 1. The Labute approximate surface area is 163 Å². The van der Waals surface area contributed by atoms with E-state index in [1.165, 1.54) is 20.3 Å². The van der Waals surface area contributed by atoms with E-state index in [2.05, 4.69) is 5.32 Å². The molecule has 0 bridgehead atoms. The van der Waals surface area contributed by atoms with E-state index in [1.54, 1.807) is 36.4 Å². The van der Waals surface area contributed by atoms with Crippen LogP contribution in [0.25, 0.3) is 0 Å². The number of hydrogen-bond donors (Lipinski definition) is 1. The normalized spacial score (nSPS) is 11.0. The van der Waals surface area contributed by atoms with E-state index in [-0.39, 0.29) is 13.1 Å². The van der Waals surface area contributed by atoms with Gasteiger partial charge < -0.3 is 14.8 Å². The molecule has 0 saturated carbocycles. The molecule has 0 spiro atoms. The largest absolute Gasteiger partial charge is 0.493 e. The molecule has 0 aliphatic carbocycles. The van der Waals surface area contributed by atoms with Crippen molar-refractivity contribution in [2.24, 2.45) is 0 Å². The first-order chi connectivity index (χ1) is 12.7. The lowest BCUT2D eigenvalue weighted by atomic mass is 10.2. The summed E-state index contributed by atoms with van der Waals surface area (Å²) in [7, 11) is -0.595. The lowest BCUT2D eigenvalue weighted by Gasteiger charge is -2.22. The number of carbonyl (C=O) groups excluding carboxylic acids is 1. The first-order valence-electron chi connectivity index (χ1n) is 7.95. The maximum Gasteiger partial charge on any atom is 0.241 e. The Kier molecular flexibility index (Phi) is 6.92. The summed E-state index contributed by atoms with van der Waals surface area (Å²) in [5.74, 6) is 0.674. The summed E-state index contributed by atoms with van der Waals surface area (Å²) in [6.07, 6.45) is 1.04. The van der Waals surface area contributed by atoms with Gasteiger partial charge in [-0.25, -0.2) is 8.42 Å². The number of nitrogens with one attached hydrogen (secondary N) is 1. The van der Waals surface area contributed by atoms with Crippen LogP contribution in [0.1, 0.15) is 5.56 Å². The predicted molar refractivity (Wildman–Crippen MR) is 105 cm³/mol. The fourth-order valence-corrected chi connectivity index (χ4v) is 3.44. The van der Waals surface area contributed by atoms with Crippen molar-refractivity contribution in [1.82, 2.24) is 5.32 Å². The van der Waals surface area contributed by atoms with Gasteiger partial charge >= 0.3 is 0 Å². The smallest absolute Gasteiger partial charge is 0.241 e. The van der Waals surface area contributed by atoms with Crippen LogP contribution in [-0.4, -0.2) is 41.3 Å². The monoisotopic (exact) mass is 412 g/mol. The molecule has 2 rings (SSSR count). The molecular formula is C18H21ClN2O5S. The average molecular weight is 413 g/mol. The molecule has 7 nitrogen and oxygen atoms in total. The summed E-state index contributed by atoms with van der Waals surface area (Å²) in [5, 5.41) is 3.08. The summed E-state index contributed by atoms with van der Waals surface area (Å²) in [5.41, 5.74) is 1.11. The van der Waals surface area contributed by atoms with E-state index in [0.717, 1.165) is 16.1 Å². The molecule has 0 aliphatic heterocycles. The number of rotatable bonds is 8. The molecule has 2 aromatic carbocycles. The zero-order valence-electron chi connectivity index (χ0n) is 15.2. The Hall–Kier alpha value is -2.45. The van der Waals surface area contributed by atoms with Crippen molar-refractivity contribution in [1.29, 1.82) is 0 Å². The van der Waals surface area contributed by atoms with Crippen LogP contribution in [-0.2, 0) is 21.4 Å². The third-order valence-electron chi connectivity index (χ3n) is 3.72. The van der Waals surface area contributed by atoms with Gasteiger partial charge in [-0.15, -0.1) is 0 Å². The molecule has 0 heterocycles. The number of nitrogens with zero attached hydrogens (tertiary/aromatic N) is 1. The van der Waals surface area contributed by atoms with Gasteiger partial charge in [0.05, 0.1) is 26.2 Å². The van der Waals surface area contributed by atoms with Crippen LogP contribution >= 0.6 is 11.6 Å². The zero-order valence-corrected chi connectivity index (χ0v) is 16.8. The van der Waals surface area contributed by atoms with E-state index in [9.17, 15) is 13.2 Å². The number of amides is 1. The maximum absolute atomic E-state index is 12.3. The molecule has 0 saturated heterocycles. The number of halogens is 1. The summed E-state index contributed by atoms with van der Waals surface area (Å²) in [4.78, 5) is 12.3. The molecule has 1 amide bonds. The minimum Gasteiger partial charge on any atom is -0.493 e. The number of benzene rings is 2. The second-order valence-electron chi connectivity index (χ2n) is 5.72. The van der Waals surface area contributed by atoms with Gasteiger partial charge in [-0.3, -0.25) is 9.10 Å². The Morgan fingerprint density at radius 2 is 1.81 bits per heavy atom. The minimum atomic E-state index is -3.66. The summed E-state index contributed by atoms with van der Waals surface area (Å²) in [6, 6.07) is 11.6.